The fraction of sp³-hybridized carbons (Fsp3) is 0.222. The quantitative estimate of drug-likeness (QED) is 0.690. The third kappa shape index (κ3) is 3.04. The molecule has 5 N–H and O–H groups in total. The zero-order valence-electron chi connectivity index (χ0n) is 13.6. The van der Waals surface area contributed by atoms with Gasteiger partial charge in [0.15, 0.2) is 0 Å². The molecule has 23 heavy (non-hydrogen) atoms. The molecule has 0 aliphatic rings. The summed E-state index contributed by atoms with van der Waals surface area (Å²) in [6.07, 6.45) is 0. The van der Waals surface area contributed by atoms with Crippen molar-refractivity contribution >= 4 is 28.4 Å². The molecule has 0 amide bonds. The zero-order valence-corrected chi connectivity index (χ0v) is 13.6. The Kier molecular flexibility index (Phi) is 3.78. The smallest absolute Gasteiger partial charge is 0.222 e. The number of anilines is 3. The van der Waals surface area contributed by atoms with E-state index in [1.807, 2.05) is 18.2 Å². The molecule has 1 heterocycles. The summed E-state index contributed by atoms with van der Waals surface area (Å²) in [5.74, 6) is 0.598. The van der Waals surface area contributed by atoms with E-state index in [1.54, 1.807) is 0 Å². The Balaban J connectivity index is 1.88. The molecule has 0 saturated heterocycles. The molecule has 5 nitrogen and oxygen atoms in total. The molecule has 118 valence electrons. The monoisotopic (exact) mass is 307 g/mol. The molecule has 0 atom stereocenters. The van der Waals surface area contributed by atoms with Gasteiger partial charge >= 0.3 is 0 Å². The number of hydrogen-bond acceptors (Lipinski definition) is 5. The largest absolute Gasteiger partial charge is 0.383 e. The Morgan fingerprint density at radius 1 is 0.957 bits per heavy atom. The molecule has 2 aromatic carbocycles. The number of aromatic nitrogens is 2. The van der Waals surface area contributed by atoms with E-state index in [-0.39, 0.29) is 5.95 Å². The molecular weight excluding hydrogens is 286 g/mol. The van der Waals surface area contributed by atoms with Crippen LogP contribution in [-0.4, -0.2) is 9.97 Å². The molecule has 0 radical (unpaired) electrons. The molecule has 0 aliphatic heterocycles. The van der Waals surface area contributed by atoms with Crippen molar-refractivity contribution in [2.75, 3.05) is 16.8 Å². The first-order valence-electron chi connectivity index (χ1n) is 7.57. The number of nitrogen functional groups attached to an aromatic ring is 2. The van der Waals surface area contributed by atoms with Crippen LogP contribution in [0.5, 0.6) is 0 Å². The average molecular weight is 307 g/mol. The SMILES string of the molecule is Cc1cc(C)c(CNc2ccc3nc(N)nc(N)c3c2)c(C)c1. The summed E-state index contributed by atoms with van der Waals surface area (Å²) in [5, 5.41) is 4.26. The third-order valence-electron chi connectivity index (χ3n) is 4.05. The van der Waals surface area contributed by atoms with Gasteiger partial charge in [-0.15, -0.1) is 0 Å². The molecule has 1 aromatic heterocycles. The molecule has 0 spiro atoms. The lowest BCUT2D eigenvalue weighted by molar-refractivity contribution is 1.08. The van der Waals surface area contributed by atoms with Gasteiger partial charge < -0.3 is 16.8 Å². The first-order valence-corrected chi connectivity index (χ1v) is 7.57. The van der Waals surface area contributed by atoms with E-state index in [2.05, 4.69) is 48.2 Å². The molecule has 0 bridgehead atoms. The lowest BCUT2D eigenvalue weighted by Gasteiger charge is -2.14. The zero-order chi connectivity index (χ0) is 16.6. The highest BCUT2D eigenvalue weighted by Crippen LogP contribution is 2.24. The molecule has 3 rings (SSSR count). The van der Waals surface area contributed by atoms with Gasteiger partial charge in [-0.2, -0.15) is 4.98 Å². The van der Waals surface area contributed by atoms with E-state index in [4.69, 9.17) is 11.5 Å². The lowest BCUT2D eigenvalue weighted by Crippen LogP contribution is -2.05. The van der Waals surface area contributed by atoms with Crippen LogP contribution < -0.4 is 16.8 Å². The maximum atomic E-state index is 5.94. The number of fused-ring (bicyclic) bond motifs is 1. The van der Waals surface area contributed by atoms with Crippen molar-refractivity contribution < 1.29 is 0 Å². The van der Waals surface area contributed by atoms with Gasteiger partial charge in [0.2, 0.25) is 5.95 Å². The highest BCUT2D eigenvalue weighted by atomic mass is 15.0. The van der Waals surface area contributed by atoms with Crippen LogP contribution >= 0.6 is 0 Å². The van der Waals surface area contributed by atoms with Crippen molar-refractivity contribution in [2.24, 2.45) is 0 Å². The Morgan fingerprint density at radius 2 is 1.65 bits per heavy atom. The van der Waals surface area contributed by atoms with Crippen LogP contribution in [0.3, 0.4) is 0 Å². The Morgan fingerprint density at radius 3 is 2.35 bits per heavy atom. The summed E-state index contributed by atoms with van der Waals surface area (Å²) in [5.41, 5.74) is 18.5. The van der Waals surface area contributed by atoms with Crippen LogP contribution in [0.2, 0.25) is 0 Å². The van der Waals surface area contributed by atoms with Crippen molar-refractivity contribution in [3.63, 3.8) is 0 Å². The van der Waals surface area contributed by atoms with Crippen molar-refractivity contribution in [1.29, 1.82) is 0 Å². The number of benzene rings is 2. The standard InChI is InChI=1S/C18H21N5/c1-10-6-11(2)15(12(3)7-10)9-21-13-4-5-16-14(8-13)17(19)23-18(20)22-16/h4-8,21H,9H2,1-3H3,(H4,19,20,22,23). The van der Waals surface area contributed by atoms with Crippen LogP contribution in [0.25, 0.3) is 10.9 Å². The summed E-state index contributed by atoms with van der Waals surface area (Å²) < 4.78 is 0. The predicted molar refractivity (Wildman–Crippen MR) is 96.3 cm³/mol. The second kappa shape index (κ2) is 5.76. The van der Waals surface area contributed by atoms with Gasteiger partial charge in [-0.25, -0.2) is 4.98 Å². The van der Waals surface area contributed by atoms with Crippen molar-refractivity contribution in [1.82, 2.24) is 9.97 Å². The summed E-state index contributed by atoms with van der Waals surface area (Å²) in [7, 11) is 0. The fourth-order valence-corrected chi connectivity index (χ4v) is 2.96. The van der Waals surface area contributed by atoms with Crippen molar-refractivity contribution in [3.8, 4) is 0 Å². The lowest BCUT2D eigenvalue weighted by atomic mass is 10.00. The van der Waals surface area contributed by atoms with Crippen LogP contribution in [-0.2, 0) is 6.54 Å². The van der Waals surface area contributed by atoms with Gasteiger partial charge in [0.1, 0.15) is 5.82 Å². The Hall–Kier alpha value is -2.82. The van der Waals surface area contributed by atoms with E-state index in [9.17, 15) is 0 Å². The summed E-state index contributed by atoms with van der Waals surface area (Å²) in [6.45, 7) is 7.17. The topological polar surface area (TPSA) is 89.8 Å². The van der Waals surface area contributed by atoms with Crippen molar-refractivity contribution in [3.05, 3.63) is 52.6 Å². The van der Waals surface area contributed by atoms with E-state index < -0.39 is 0 Å². The summed E-state index contributed by atoms with van der Waals surface area (Å²) >= 11 is 0. The molecule has 3 aromatic rings. The number of nitrogens with zero attached hydrogens (tertiary/aromatic N) is 2. The fourth-order valence-electron chi connectivity index (χ4n) is 2.96. The van der Waals surface area contributed by atoms with Crippen molar-refractivity contribution in [2.45, 2.75) is 27.3 Å². The van der Waals surface area contributed by atoms with Gasteiger partial charge in [0.05, 0.1) is 5.52 Å². The minimum atomic E-state index is 0.196. The maximum absolute atomic E-state index is 5.94. The van der Waals surface area contributed by atoms with Gasteiger partial charge in [-0.3, -0.25) is 0 Å². The normalized spacial score (nSPS) is 10.9. The number of hydrogen-bond donors (Lipinski definition) is 3. The van der Waals surface area contributed by atoms with E-state index in [0.29, 0.717) is 5.82 Å². The van der Waals surface area contributed by atoms with Crippen LogP contribution in [0.4, 0.5) is 17.5 Å². The Labute approximate surface area is 135 Å². The van der Waals surface area contributed by atoms with E-state index >= 15 is 0 Å². The average Bonchev–Trinajstić information content (AvgIpc) is 2.46. The van der Waals surface area contributed by atoms with E-state index in [0.717, 1.165) is 23.1 Å². The summed E-state index contributed by atoms with van der Waals surface area (Å²) in [6, 6.07) is 10.3. The number of nitrogens with two attached hydrogens (primary N) is 2. The highest BCUT2D eigenvalue weighted by molar-refractivity contribution is 5.91. The second-order valence-corrected chi connectivity index (χ2v) is 5.93. The number of aryl methyl sites for hydroxylation is 3. The first-order chi connectivity index (χ1) is 10.9. The molecule has 5 heteroatoms. The molecule has 0 aliphatic carbocycles. The second-order valence-electron chi connectivity index (χ2n) is 5.93. The number of nitrogens with one attached hydrogen (secondary N) is 1. The maximum Gasteiger partial charge on any atom is 0.222 e. The minimum Gasteiger partial charge on any atom is -0.383 e. The first kappa shape index (κ1) is 15.1. The van der Waals surface area contributed by atoms with Gasteiger partial charge in [0.25, 0.3) is 0 Å². The molecular formula is C18H21N5. The molecule has 0 unspecified atom stereocenters. The van der Waals surface area contributed by atoms with Gasteiger partial charge in [-0.1, -0.05) is 17.7 Å². The third-order valence-corrected chi connectivity index (χ3v) is 4.05. The van der Waals surface area contributed by atoms with Crippen LogP contribution in [0, 0.1) is 20.8 Å². The van der Waals surface area contributed by atoms with Gasteiger partial charge in [-0.05, 0) is 55.7 Å². The molecule has 0 saturated carbocycles. The van der Waals surface area contributed by atoms with Gasteiger partial charge in [0, 0.05) is 17.6 Å². The van der Waals surface area contributed by atoms with Crippen LogP contribution in [0.1, 0.15) is 22.3 Å². The Bertz CT molecular complexity index is 863. The molecule has 0 fully saturated rings. The minimum absolute atomic E-state index is 0.196. The highest BCUT2D eigenvalue weighted by Gasteiger charge is 2.06. The number of rotatable bonds is 3. The van der Waals surface area contributed by atoms with Crippen LogP contribution in [0.15, 0.2) is 30.3 Å². The predicted octanol–water partition coefficient (Wildman–Crippen LogP) is 3.33. The van der Waals surface area contributed by atoms with E-state index in [1.165, 1.54) is 22.3 Å². The summed E-state index contributed by atoms with van der Waals surface area (Å²) in [4.78, 5) is 8.21.